The summed E-state index contributed by atoms with van der Waals surface area (Å²) in [7, 11) is 0. The van der Waals surface area contributed by atoms with Gasteiger partial charge in [0.2, 0.25) is 0 Å². The van der Waals surface area contributed by atoms with Gasteiger partial charge in [-0.1, -0.05) is 42.5 Å². The molecule has 0 saturated heterocycles. The molecule has 3 aromatic rings. The van der Waals surface area contributed by atoms with Crippen LogP contribution in [-0.4, -0.2) is 16.6 Å². The highest BCUT2D eigenvalue weighted by Crippen LogP contribution is 2.31. The highest BCUT2D eigenvalue weighted by molar-refractivity contribution is 5.92. The smallest absolute Gasteiger partial charge is 0.338 e. The molecule has 0 unspecified atom stereocenters. The van der Waals surface area contributed by atoms with Crippen LogP contribution in [0.4, 0.5) is 0 Å². The average molecular weight is 331 g/mol. The third-order valence-electron chi connectivity index (χ3n) is 3.71. The normalized spacial score (nSPS) is 11.2. The summed E-state index contributed by atoms with van der Waals surface area (Å²) in [5, 5.41) is 0. The van der Waals surface area contributed by atoms with Crippen molar-refractivity contribution in [2.24, 2.45) is 0 Å². The molecule has 3 rings (SSSR count). The minimum atomic E-state index is -0.515. The summed E-state index contributed by atoms with van der Waals surface area (Å²) >= 11 is 0. The number of nitrogens with zero attached hydrogens (tertiary/aromatic N) is 1. The van der Waals surface area contributed by atoms with Crippen LogP contribution in [0.2, 0.25) is 0 Å². The SMILES string of the molecule is CC(C)(C)OC(=O)c1cccc(-c2ccncc2-c2ccccc2)c1. The molecular formula is C22H21NO2. The van der Waals surface area contributed by atoms with E-state index in [9.17, 15) is 4.79 Å². The summed E-state index contributed by atoms with van der Waals surface area (Å²) in [5.41, 5.74) is 4.15. The van der Waals surface area contributed by atoms with Crippen LogP contribution >= 0.6 is 0 Å². The van der Waals surface area contributed by atoms with Gasteiger partial charge < -0.3 is 4.74 Å². The highest BCUT2D eigenvalue weighted by Gasteiger charge is 2.18. The van der Waals surface area contributed by atoms with Gasteiger partial charge >= 0.3 is 5.97 Å². The van der Waals surface area contributed by atoms with Crippen molar-refractivity contribution in [3.63, 3.8) is 0 Å². The zero-order valence-electron chi connectivity index (χ0n) is 14.7. The molecule has 0 aliphatic rings. The summed E-state index contributed by atoms with van der Waals surface area (Å²) in [4.78, 5) is 16.6. The predicted molar refractivity (Wildman–Crippen MR) is 100 cm³/mol. The topological polar surface area (TPSA) is 39.2 Å². The Labute approximate surface area is 148 Å². The standard InChI is InChI=1S/C22H21NO2/c1-22(2,3)25-21(24)18-11-7-10-17(14-18)19-12-13-23-15-20(19)16-8-5-4-6-9-16/h4-15H,1-3H3. The first-order valence-electron chi connectivity index (χ1n) is 8.27. The molecule has 0 fully saturated rings. The van der Waals surface area contributed by atoms with E-state index in [2.05, 4.69) is 17.1 Å². The van der Waals surface area contributed by atoms with Crippen molar-refractivity contribution in [1.29, 1.82) is 0 Å². The molecule has 0 spiro atoms. The van der Waals surface area contributed by atoms with Gasteiger partial charge in [-0.05, 0) is 55.7 Å². The number of benzene rings is 2. The molecule has 3 heteroatoms. The largest absolute Gasteiger partial charge is 0.456 e. The lowest BCUT2D eigenvalue weighted by molar-refractivity contribution is 0.00696. The molecule has 126 valence electrons. The molecule has 0 amide bonds. The molecule has 0 bridgehead atoms. The van der Waals surface area contributed by atoms with Crippen molar-refractivity contribution in [2.45, 2.75) is 26.4 Å². The van der Waals surface area contributed by atoms with Gasteiger partial charge in [-0.2, -0.15) is 0 Å². The molecule has 0 aliphatic heterocycles. The third kappa shape index (κ3) is 4.13. The first-order valence-corrected chi connectivity index (χ1v) is 8.27. The Kier molecular flexibility index (Phi) is 4.66. The van der Waals surface area contributed by atoms with Crippen molar-refractivity contribution < 1.29 is 9.53 Å². The van der Waals surface area contributed by atoms with E-state index in [-0.39, 0.29) is 5.97 Å². The number of hydrogen-bond donors (Lipinski definition) is 0. The van der Waals surface area contributed by atoms with Crippen LogP contribution in [0, 0.1) is 0 Å². The Morgan fingerprint density at radius 1 is 0.880 bits per heavy atom. The monoisotopic (exact) mass is 331 g/mol. The quantitative estimate of drug-likeness (QED) is 0.606. The fourth-order valence-electron chi connectivity index (χ4n) is 2.64. The molecule has 1 aromatic heterocycles. The number of hydrogen-bond acceptors (Lipinski definition) is 3. The molecule has 0 radical (unpaired) electrons. The lowest BCUT2D eigenvalue weighted by atomic mass is 9.95. The van der Waals surface area contributed by atoms with E-state index < -0.39 is 5.60 Å². The lowest BCUT2D eigenvalue weighted by Gasteiger charge is -2.19. The second-order valence-electron chi connectivity index (χ2n) is 6.87. The van der Waals surface area contributed by atoms with E-state index >= 15 is 0 Å². The van der Waals surface area contributed by atoms with E-state index in [1.165, 1.54) is 0 Å². The van der Waals surface area contributed by atoms with Gasteiger partial charge in [-0.15, -0.1) is 0 Å². The Bertz CT molecular complexity index is 880. The number of rotatable bonds is 3. The third-order valence-corrected chi connectivity index (χ3v) is 3.71. The predicted octanol–water partition coefficient (Wildman–Crippen LogP) is 5.37. The van der Waals surface area contributed by atoms with Gasteiger partial charge in [0.15, 0.2) is 0 Å². The Morgan fingerprint density at radius 2 is 1.60 bits per heavy atom. The molecule has 0 N–H and O–H groups in total. The van der Waals surface area contributed by atoms with Gasteiger partial charge in [0.25, 0.3) is 0 Å². The van der Waals surface area contributed by atoms with E-state index in [0.717, 1.165) is 22.3 Å². The highest BCUT2D eigenvalue weighted by atomic mass is 16.6. The molecule has 1 heterocycles. The maximum absolute atomic E-state index is 12.4. The molecular weight excluding hydrogens is 310 g/mol. The fourth-order valence-corrected chi connectivity index (χ4v) is 2.64. The molecule has 0 saturated carbocycles. The van der Waals surface area contributed by atoms with Crippen LogP contribution in [0.1, 0.15) is 31.1 Å². The second kappa shape index (κ2) is 6.89. The fraction of sp³-hybridized carbons (Fsp3) is 0.182. The van der Waals surface area contributed by atoms with Gasteiger partial charge in [0, 0.05) is 18.0 Å². The molecule has 2 aromatic carbocycles. The summed E-state index contributed by atoms with van der Waals surface area (Å²) in [6, 6.07) is 19.6. The van der Waals surface area contributed by atoms with Crippen LogP contribution in [0.15, 0.2) is 73.1 Å². The lowest BCUT2D eigenvalue weighted by Crippen LogP contribution is -2.23. The van der Waals surface area contributed by atoms with Crippen LogP contribution in [0.5, 0.6) is 0 Å². The molecule has 0 atom stereocenters. The van der Waals surface area contributed by atoms with Crippen molar-refractivity contribution in [1.82, 2.24) is 4.98 Å². The first-order chi connectivity index (χ1) is 11.9. The molecule has 3 nitrogen and oxygen atoms in total. The minimum Gasteiger partial charge on any atom is -0.456 e. The van der Waals surface area contributed by atoms with Crippen molar-refractivity contribution >= 4 is 5.97 Å². The number of ether oxygens (including phenoxy) is 1. The number of esters is 1. The average Bonchev–Trinajstić information content (AvgIpc) is 2.61. The molecule has 25 heavy (non-hydrogen) atoms. The van der Waals surface area contributed by atoms with E-state index in [1.807, 2.05) is 69.4 Å². The van der Waals surface area contributed by atoms with Gasteiger partial charge in [-0.3, -0.25) is 4.98 Å². The maximum atomic E-state index is 12.4. The summed E-state index contributed by atoms with van der Waals surface area (Å²) in [6.07, 6.45) is 3.62. The van der Waals surface area contributed by atoms with Crippen LogP contribution in [0.3, 0.4) is 0 Å². The van der Waals surface area contributed by atoms with Gasteiger partial charge in [-0.25, -0.2) is 4.79 Å². The van der Waals surface area contributed by atoms with Crippen LogP contribution < -0.4 is 0 Å². The minimum absolute atomic E-state index is 0.315. The Balaban J connectivity index is 2.02. The summed E-state index contributed by atoms with van der Waals surface area (Å²) in [6.45, 7) is 5.60. The summed E-state index contributed by atoms with van der Waals surface area (Å²) < 4.78 is 5.48. The van der Waals surface area contributed by atoms with Crippen molar-refractivity contribution in [2.75, 3.05) is 0 Å². The molecule has 0 aliphatic carbocycles. The zero-order valence-corrected chi connectivity index (χ0v) is 14.7. The van der Waals surface area contributed by atoms with E-state index in [0.29, 0.717) is 5.56 Å². The zero-order chi connectivity index (χ0) is 17.9. The Morgan fingerprint density at radius 3 is 2.32 bits per heavy atom. The van der Waals surface area contributed by atoms with Gasteiger partial charge in [0.1, 0.15) is 5.60 Å². The number of aromatic nitrogens is 1. The first kappa shape index (κ1) is 16.9. The number of carbonyl (C=O) groups excluding carboxylic acids is 1. The van der Waals surface area contributed by atoms with Crippen molar-refractivity contribution in [3.05, 3.63) is 78.6 Å². The van der Waals surface area contributed by atoms with E-state index in [4.69, 9.17) is 4.74 Å². The summed E-state index contributed by atoms with van der Waals surface area (Å²) in [5.74, 6) is -0.315. The maximum Gasteiger partial charge on any atom is 0.338 e. The van der Waals surface area contributed by atoms with Gasteiger partial charge in [0.05, 0.1) is 5.56 Å². The second-order valence-corrected chi connectivity index (χ2v) is 6.87. The Hall–Kier alpha value is -2.94. The van der Waals surface area contributed by atoms with Crippen LogP contribution in [-0.2, 0) is 4.74 Å². The van der Waals surface area contributed by atoms with Crippen LogP contribution in [0.25, 0.3) is 22.3 Å². The number of carbonyl (C=O) groups is 1. The van der Waals surface area contributed by atoms with Crippen molar-refractivity contribution in [3.8, 4) is 22.3 Å². The van der Waals surface area contributed by atoms with E-state index in [1.54, 1.807) is 12.3 Å². The number of pyridine rings is 1.